The number of rotatable bonds is 7. The Hall–Kier alpha value is -2.82. The molecule has 0 radical (unpaired) electrons. The van der Waals surface area contributed by atoms with Crippen LogP contribution in [0.3, 0.4) is 0 Å². The van der Waals surface area contributed by atoms with Gasteiger partial charge in [-0.25, -0.2) is 0 Å². The van der Waals surface area contributed by atoms with Gasteiger partial charge in [-0.15, -0.1) is 0 Å². The van der Waals surface area contributed by atoms with Crippen molar-refractivity contribution in [2.24, 2.45) is 5.92 Å². The average Bonchev–Trinajstić information content (AvgIpc) is 3.05. The Labute approximate surface area is 167 Å². The number of aryl methyl sites for hydroxylation is 1. The summed E-state index contributed by atoms with van der Waals surface area (Å²) in [6.45, 7) is 9.21. The van der Waals surface area contributed by atoms with Gasteiger partial charge < -0.3 is 15.1 Å². The van der Waals surface area contributed by atoms with Gasteiger partial charge in [0.1, 0.15) is 0 Å². The molecule has 148 valence electrons. The molecular weight excluding hydrogens is 350 g/mol. The number of anilines is 2. The third-order valence-electron chi connectivity index (χ3n) is 5.30. The minimum absolute atomic E-state index is 0.0403. The summed E-state index contributed by atoms with van der Waals surface area (Å²) in [5.41, 5.74) is 4.18. The van der Waals surface area contributed by atoms with Gasteiger partial charge >= 0.3 is 0 Å². The van der Waals surface area contributed by atoms with Crippen LogP contribution in [0.15, 0.2) is 48.5 Å². The van der Waals surface area contributed by atoms with Crippen LogP contribution in [-0.2, 0) is 16.1 Å². The van der Waals surface area contributed by atoms with Crippen LogP contribution in [-0.4, -0.2) is 36.3 Å². The molecule has 0 saturated carbocycles. The Balaban J connectivity index is 1.58. The van der Waals surface area contributed by atoms with E-state index < -0.39 is 0 Å². The Bertz CT molecular complexity index is 828. The molecule has 2 aromatic rings. The molecule has 1 N–H and O–H groups in total. The van der Waals surface area contributed by atoms with Crippen LogP contribution < -0.4 is 10.2 Å². The standard InChI is InChI=1S/C23H29N3O2/c1-4-25(5-2)21-11-9-20(10-12-21)24-23(28)19-14-22(27)26(16-19)15-18-8-6-7-17(3)13-18/h6-13,19H,4-5,14-16H2,1-3H3,(H,24,28). The zero-order valence-corrected chi connectivity index (χ0v) is 16.9. The minimum Gasteiger partial charge on any atom is -0.372 e. The molecular formula is C23H29N3O2. The largest absolute Gasteiger partial charge is 0.372 e. The quantitative estimate of drug-likeness (QED) is 0.795. The number of hydrogen-bond donors (Lipinski definition) is 1. The van der Waals surface area contributed by atoms with E-state index >= 15 is 0 Å². The molecule has 2 aromatic carbocycles. The van der Waals surface area contributed by atoms with Gasteiger partial charge in [-0.1, -0.05) is 29.8 Å². The van der Waals surface area contributed by atoms with E-state index in [0.29, 0.717) is 13.1 Å². The lowest BCUT2D eigenvalue weighted by atomic mass is 10.1. The van der Waals surface area contributed by atoms with Gasteiger partial charge in [-0.2, -0.15) is 0 Å². The fourth-order valence-corrected chi connectivity index (χ4v) is 3.72. The molecule has 1 aliphatic rings. The number of benzene rings is 2. The van der Waals surface area contributed by atoms with E-state index in [9.17, 15) is 9.59 Å². The smallest absolute Gasteiger partial charge is 0.229 e. The fourth-order valence-electron chi connectivity index (χ4n) is 3.72. The molecule has 0 aromatic heterocycles. The molecule has 2 amide bonds. The van der Waals surface area contributed by atoms with Gasteiger partial charge in [0.2, 0.25) is 11.8 Å². The Morgan fingerprint density at radius 3 is 2.50 bits per heavy atom. The SMILES string of the molecule is CCN(CC)c1ccc(NC(=O)C2CC(=O)N(Cc3cccc(C)c3)C2)cc1. The van der Waals surface area contributed by atoms with Gasteiger partial charge in [-0.3, -0.25) is 9.59 Å². The molecule has 28 heavy (non-hydrogen) atoms. The van der Waals surface area contributed by atoms with Gasteiger partial charge in [0.05, 0.1) is 5.92 Å². The first-order valence-corrected chi connectivity index (χ1v) is 9.99. The van der Waals surface area contributed by atoms with Crippen molar-refractivity contribution in [1.82, 2.24) is 4.90 Å². The zero-order valence-electron chi connectivity index (χ0n) is 16.9. The summed E-state index contributed by atoms with van der Waals surface area (Å²) < 4.78 is 0. The molecule has 0 bridgehead atoms. The topological polar surface area (TPSA) is 52.7 Å². The molecule has 1 unspecified atom stereocenters. The molecule has 1 fully saturated rings. The number of nitrogens with zero attached hydrogens (tertiary/aromatic N) is 2. The highest BCUT2D eigenvalue weighted by molar-refractivity contribution is 5.97. The highest BCUT2D eigenvalue weighted by Crippen LogP contribution is 2.23. The summed E-state index contributed by atoms with van der Waals surface area (Å²) >= 11 is 0. The van der Waals surface area contributed by atoms with Gasteiger partial charge in [0, 0.05) is 44.0 Å². The first-order valence-electron chi connectivity index (χ1n) is 9.99. The van der Waals surface area contributed by atoms with Gasteiger partial charge in [0.25, 0.3) is 0 Å². The number of likely N-dealkylation sites (tertiary alicyclic amines) is 1. The first kappa shape index (κ1) is 19.9. The Kier molecular flexibility index (Phi) is 6.34. The number of carbonyl (C=O) groups is 2. The fraction of sp³-hybridized carbons (Fsp3) is 0.391. The minimum atomic E-state index is -0.306. The van der Waals surface area contributed by atoms with Crippen LogP contribution in [0.4, 0.5) is 11.4 Å². The number of carbonyl (C=O) groups excluding carboxylic acids is 2. The Morgan fingerprint density at radius 1 is 1.14 bits per heavy atom. The lowest BCUT2D eigenvalue weighted by molar-refractivity contribution is -0.128. The van der Waals surface area contributed by atoms with E-state index in [-0.39, 0.29) is 24.2 Å². The first-order chi connectivity index (χ1) is 13.5. The molecule has 1 atom stereocenters. The maximum atomic E-state index is 12.6. The zero-order chi connectivity index (χ0) is 20.1. The van der Waals surface area contributed by atoms with Crippen molar-refractivity contribution in [2.75, 3.05) is 29.9 Å². The lowest BCUT2D eigenvalue weighted by Gasteiger charge is -2.21. The van der Waals surface area contributed by atoms with E-state index in [0.717, 1.165) is 30.0 Å². The number of amides is 2. The second kappa shape index (κ2) is 8.91. The molecule has 0 aliphatic carbocycles. The highest BCUT2D eigenvalue weighted by atomic mass is 16.2. The predicted molar refractivity (Wildman–Crippen MR) is 113 cm³/mol. The summed E-state index contributed by atoms with van der Waals surface area (Å²) in [5.74, 6) is -0.353. The molecule has 5 nitrogen and oxygen atoms in total. The van der Waals surface area contributed by atoms with Crippen LogP contribution in [0.1, 0.15) is 31.4 Å². The summed E-state index contributed by atoms with van der Waals surface area (Å²) in [6.07, 6.45) is 0.273. The van der Waals surface area contributed by atoms with E-state index in [1.54, 1.807) is 4.90 Å². The van der Waals surface area contributed by atoms with Crippen molar-refractivity contribution in [2.45, 2.75) is 33.7 Å². The van der Waals surface area contributed by atoms with Crippen molar-refractivity contribution in [3.63, 3.8) is 0 Å². The second-order valence-corrected chi connectivity index (χ2v) is 7.37. The summed E-state index contributed by atoms with van der Waals surface area (Å²) in [6, 6.07) is 16.0. The molecule has 1 saturated heterocycles. The van der Waals surface area contributed by atoms with Crippen molar-refractivity contribution in [3.8, 4) is 0 Å². The van der Waals surface area contributed by atoms with Crippen molar-refractivity contribution < 1.29 is 9.59 Å². The van der Waals surface area contributed by atoms with Crippen LogP contribution in [0.5, 0.6) is 0 Å². The molecule has 0 spiro atoms. The third kappa shape index (κ3) is 4.71. The van der Waals surface area contributed by atoms with Gasteiger partial charge in [0.15, 0.2) is 0 Å². The van der Waals surface area contributed by atoms with Crippen LogP contribution >= 0.6 is 0 Å². The van der Waals surface area contributed by atoms with Crippen molar-refractivity contribution in [1.29, 1.82) is 0 Å². The third-order valence-corrected chi connectivity index (χ3v) is 5.30. The lowest BCUT2D eigenvalue weighted by Crippen LogP contribution is -2.28. The predicted octanol–water partition coefficient (Wildman–Crippen LogP) is 3.83. The van der Waals surface area contributed by atoms with Crippen molar-refractivity contribution in [3.05, 3.63) is 59.7 Å². The van der Waals surface area contributed by atoms with Crippen LogP contribution in [0.2, 0.25) is 0 Å². The maximum absolute atomic E-state index is 12.6. The maximum Gasteiger partial charge on any atom is 0.229 e. The summed E-state index contributed by atoms with van der Waals surface area (Å²) in [4.78, 5) is 29.0. The molecule has 3 rings (SSSR count). The van der Waals surface area contributed by atoms with Crippen molar-refractivity contribution >= 4 is 23.2 Å². The van der Waals surface area contributed by atoms with Crippen LogP contribution in [0.25, 0.3) is 0 Å². The highest BCUT2D eigenvalue weighted by Gasteiger charge is 2.34. The Morgan fingerprint density at radius 2 is 1.86 bits per heavy atom. The van der Waals surface area contributed by atoms with E-state index in [1.165, 1.54) is 5.56 Å². The monoisotopic (exact) mass is 379 g/mol. The number of nitrogens with one attached hydrogen (secondary N) is 1. The molecule has 1 heterocycles. The summed E-state index contributed by atoms with van der Waals surface area (Å²) in [5, 5.41) is 2.96. The van der Waals surface area contributed by atoms with E-state index in [2.05, 4.69) is 30.1 Å². The second-order valence-electron chi connectivity index (χ2n) is 7.37. The normalized spacial score (nSPS) is 16.3. The van der Waals surface area contributed by atoms with E-state index in [1.807, 2.05) is 49.4 Å². The average molecular weight is 380 g/mol. The molecule has 5 heteroatoms. The molecule has 1 aliphatic heterocycles. The number of hydrogen-bond acceptors (Lipinski definition) is 3. The van der Waals surface area contributed by atoms with Crippen LogP contribution in [0, 0.1) is 12.8 Å². The van der Waals surface area contributed by atoms with E-state index in [4.69, 9.17) is 0 Å². The summed E-state index contributed by atoms with van der Waals surface area (Å²) in [7, 11) is 0. The van der Waals surface area contributed by atoms with Gasteiger partial charge in [-0.05, 0) is 50.6 Å².